The first-order valence-electron chi connectivity index (χ1n) is 11.4. The fraction of sp³-hybridized carbons (Fsp3) is 0.333. The minimum absolute atomic E-state index is 0.0202. The number of ether oxygens (including phenoxy) is 1. The molecule has 1 fully saturated rings. The molecule has 1 saturated heterocycles. The second-order valence-corrected chi connectivity index (χ2v) is 8.54. The zero-order valence-corrected chi connectivity index (χ0v) is 19.2. The zero-order chi connectivity index (χ0) is 23.3. The van der Waals surface area contributed by atoms with Crippen LogP contribution in [0.3, 0.4) is 0 Å². The minimum Gasteiger partial charge on any atom is -0.481 e. The summed E-state index contributed by atoms with van der Waals surface area (Å²) < 4.78 is 5.13. The van der Waals surface area contributed by atoms with Gasteiger partial charge in [0.25, 0.3) is 0 Å². The Hall–Kier alpha value is -3.38. The van der Waals surface area contributed by atoms with Crippen molar-refractivity contribution in [2.24, 2.45) is 0 Å². The number of aromatic nitrogens is 1. The summed E-state index contributed by atoms with van der Waals surface area (Å²) >= 11 is 0. The Morgan fingerprint density at radius 3 is 2.45 bits per heavy atom. The number of urea groups is 1. The van der Waals surface area contributed by atoms with Crippen LogP contribution in [-0.4, -0.2) is 41.3 Å². The van der Waals surface area contributed by atoms with E-state index in [1.807, 2.05) is 47.4 Å². The van der Waals surface area contributed by atoms with Gasteiger partial charge in [-0.2, -0.15) is 0 Å². The van der Waals surface area contributed by atoms with Crippen molar-refractivity contribution in [3.8, 4) is 17.0 Å². The van der Waals surface area contributed by atoms with E-state index in [0.717, 1.165) is 35.1 Å². The van der Waals surface area contributed by atoms with E-state index in [0.29, 0.717) is 18.8 Å². The predicted molar refractivity (Wildman–Crippen MR) is 129 cm³/mol. The van der Waals surface area contributed by atoms with Crippen LogP contribution in [0.15, 0.2) is 72.9 Å². The van der Waals surface area contributed by atoms with Crippen molar-refractivity contribution in [3.05, 3.63) is 84.1 Å². The number of hydrogen-bond donors (Lipinski definition) is 2. The molecule has 2 aromatic carbocycles. The van der Waals surface area contributed by atoms with Gasteiger partial charge >= 0.3 is 6.03 Å². The zero-order valence-electron chi connectivity index (χ0n) is 19.2. The molecule has 2 amide bonds. The summed E-state index contributed by atoms with van der Waals surface area (Å²) in [6.45, 7) is 2.74. The number of nitrogens with one attached hydrogen (secondary N) is 1. The van der Waals surface area contributed by atoms with E-state index in [9.17, 15) is 9.90 Å². The Bertz CT molecular complexity index is 1050. The molecule has 172 valence electrons. The standard InChI is InChI=1S/C27H31N3O3/c1-20(21-9-11-22(12-10-21)23-13-14-25(33-2)28-19-23)30-17-6-15-27(16-18-31,29-26(30)32)24-7-4-3-5-8-24/h3-5,7-14,19-20,31H,6,15-18H2,1-2H3,(H,29,32)/t20-,27?/m0/s1. The number of methoxy groups -OCH3 is 1. The third-order valence-corrected chi connectivity index (χ3v) is 6.61. The highest BCUT2D eigenvalue weighted by molar-refractivity contribution is 5.76. The van der Waals surface area contributed by atoms with Crippen molar-refractivity contribution in [1.82, 2.24) is 15.2 Å². The lowest BCUT2D eigenvalue weighted by atomic mass is 9.83. The van der Waals surface area contributed by atoms with Crippen LogP contribution < -0.4 is 10.1 Å². The van der Waals surface area contributed by atoms with Crippen molar-refractivity contribution >= 4 is 6.03 Å². The summed E-state index contributed by atoms with van der Waals surface area (Å²) in [5, 5.41) is 13.0. The van der Waals surface area contributed by atoms with Crippen molar-refractivity contribution < 1.29 is 14.6 Å². The molecule has 1 aliphatic rings. The number of rotatable bonds is 7. The maximum absolute atomic E-state index is 13.4. The first kappa shape index (κ1) is 22.8. The van der Waals surface area contributed by atoms with Gasteiger partial charge in [-0.3, -0.25) is 0 Å². The monoisotopic (exact) mass is 445 g/mol. The minimum atomic E-state index is -0.549. The Morgan fingerprint density at radius 2 is 1.82 bits per heavy atom. The molecule has 1 aliphatic heterocycles. The van der Waals surface area contributed by atoms with Crippen LogP contribution in [0.1, 0.15) is 43.4 Å². The summed E-state index contributed by atoms with van der Waals surface area (Å²) in [5.74, 6) is 0.587. The third kappa shape index (κ3) is 4.86. The molecule has 2 atom stereocenters. The normalized spacial score (nSPS) is 19.5. The molecule has 1 unspecified atom stereocenters. The van der Waals surface area contributed by atoms with Gasteiger partial charge in [-0.15, -0.1) is 0 Å². The van der Waals surface area contributed by atoms with E-state index in [1.54, 1.807) is 13.3 Å². The molecule has 33 heavy (non-hydrogen) atoms. The first-order valence-corrected chi connectivity index (χ1v) is 11.4. The average Bonchev–Trinajstić information content (AvgIpc) is 3.03. The molecule has 2 N–H and O–H groups in total. The van der Waals surface area contributed by atoms with Gasteiger partial charge in [-0.25, -0.2) is 9.78 Å². The maximum atomic E-state index is 13.4. The smallest absolute Gasteiger partial charge is 0.318 e. The lowest BCUT2D eigenvalue weighted by Crippen LogP contribution is -2.49. The molecular weight excluding hydrogens is 414 g/mol. The van der Waals surface area contributed by atoms with Gasteiger partial charge in [-0.1, -0.05) is 54.6 Å². The molecule has 0 bridgehead atoms. The Morgan fingerprint density at radius 1 is 1.09 bits per heavy atom. The lowest BCUT2D eigenvalue weighted by Gasteiger charge is -2.35. The second-order valence-electron chi connectivity index (χ2n) is 8.54. The van der Waals surface area contributed by atoms with Crippen molar-refractivity contribution in [2.75, 3.05) is 20.3 Å². The molecule has 0 radical (unpaired) electrons. The number of hydrogen-bond acceptors (Lipinski definition) is 4. The van der Waals surface area contributed by atoms with E-state index in [4.69, 9.17) is 4.74 Å². The molecular formula is C27H31N3O3. The van der Waals surface area contributed by atoms with Crippen LogP contribution in [0.4, 0.5) is 4.79 Å². The van der Waals surface area contributed by atoms with E-state index < -0.39 is 5.54 Å². The van der Waals surface area contributed by atoms with Crippen molar-refractivity contribution in [2.45, 2.75) is 37.8 Å². The van der Waals surface area contributed by atoms with E-state index in [1.165, 1.54) is 0 Å². The van der Waals surface area contributed by atoms with Crippen LogP contribution in [-0.2, 0) is 5.54 Å². The van der Waals surface area contributed by atoms with E-state index in [2.05, 4.69) is 41.5 Å². The molecule has 0 saturated carbocycles. The quantitative estimate of drug-likeness (QED) is 0.542. The van der Waals surface area contributed by atoms with Gasteiger partial charge in [0, 0.05) is 31.0 Å². The van der Waals surface area contributed by atoms with Gasteiger partial charge < -0.3 is 20.1 Å². The number of aliphatic hydroxyl groups excluding tert-OH is 1. The van der Waals surface area contributed by atoms with Crippen LogP contribution >= 0.6 is 0 Å². The van der Waals surface area contributed by atoms with E-state index >= 15 is 0 Å². The van der Waals surface area contributed by atoms with Crippen LogP contribution in [0, 0.1) is 0 Å². The number of nitrogens with zero attached hydrogens (tertiary/aromatic N) is 2. The third-order valence-electron chi connectivity index (χ3n) is 6.61. The summed E-state index contributed by atoms with van der Waals surface area (Å²) in [7, 11) is 1.60. The number of aliphatic hydroxyl groups is 1. The number of amides is 2. The first-order chi connectivity index (χ1) is 16.1. The van der Waals surface area contributed by atoms with Gasteiger partial charge in [0.1, 0.15) is 0 Å². The van der Waals surface area contributed by atoms with Crippen molar-refractivity contribution in [1.29, 1.82) is 0 Å². The van der Waals surface area contributed by atoms with E-state index in [-0.39, 0.29) is 18.7 Å². The Labute approximate surface area is 195 Å². The highest BCUT2D eigenvalue weighted by atomic mass is 16.5. The molecule has 0 aliphatic carbocycles. The number of pyridine rings is 1. The largest absolute Gasteiger partial charge is 0.481 e. The lowest BCUT2D eigenvalue weighted by molar-refractivity contribution is 0.169. The number of carbonyl (C=O) groups excluding carboxylic acids is 1. The van der Waals surface area contributed by atoms with Gasteiger partial charge in [0.15, 0.2) is 0 Å². The summed E-state index contributed by atoms with van der Waals surface area (Å²) in [5.41, 5.74) is 3.64. The second kappa shape index (κ2) is 10.0. The molecule has 0 spiro atoms. The molecule has 2 heterocycles. The summed E-state index contributed by atoms with van der Waals surface area (Å²) in [4.78, 5) is 19.5. The molecule has 1 aromatic heterocycles. The number of benzene rings is 2. The topological polar surface area (TPSA) is 74.7 Å². The van der Waals surface area contributed by atoms with Crippen LogP contribution in [0.2, 0.25) is 0 Å². The Kier molecular flexibility index (Phi) is 6.94. The highest BCUT2D eigenvalue weighted by Crippen LogP contribution is 2.34. The summed E-state index contributed by atoms with van der Waals surface area (Å²) in [6, 6.07) is 21.9. The van der Waals surface area contributed by atoms with Crippen LogP contribution in [0.25, 0.3) is 11.1 Å². The van der Waals surface area contributed by atoms with Gasteiger partial charge in [0.05, 0.1) is 18.7 Å². The predicted octanol–water partition coefficient (Wildman–Crippen LogP) is 4.90. The fourth-order valence-corrected chi connectivity index (χ4v) is 4.66. The molecule has 6 heteroatoms. The average molecular weight is 446 g/mol. The fourth-order valence-electron chi connectivity index (χ4n) is 4.66. The number of carbonyl (C=O) groups is 1. The van der Waals surface area contributed by atoms with Crippen LogP contribution in [0.5, 0.6) is 5.88 Å². The maximum Gasteiger partial charge on any atom is 0.318 e. The van der Waals surface area contributed by atoms with Crippen molar-refractivity contribution in [3.63, 3.8) is 0 Å². The van der Waals surface area contributed by atoms with Gasteiger partial charge in [-0.05, 0) is 48.9 Å². The highest BCUT2D eigenvalue weighted by Gasteiger charge is 2.38. The summed E-state index contributed by atoms with van der Waals surface area (Å²) in [6.07, 6.45) is 3.93. The molecule has 6 nitrogen and oxygen atoms in total. The van der Waals surface area contributed by atoms with Gasteiger partial charge in [0.2, 0.25) is 5.88 Å². The molecule has 3 aromatic rings. The SMILES string of the molecule is COc1ccc(-c2ccc([C@H](C)N3CCCC(CCO)(c4ccccc4)NC3=O)cc2)cn1. The molecule has 4 rings (SSSR count). The Balaban J connectivity index is 1.52.